The van der Waals surface area contributed by atoms with Gasteiger partial charge in [0.15, 0.2) is 0 Å². The van der Waals surface area contributed by atoms with Crippen molar-refractivity contribution in [1.29, 1.82) is 0 Å². The summed E-state index contributed by atoms with van der Waals surface area (Å²) in [5.74, 6) is 1.93. The van der Waals surface area contributed by atoms with Gasteiger partial charge in [-0.05, 0) is 81.7 Å². The Morgan fingerprint density at radius 1 is 0.774 bits per heavy atom. The molecule has 0 amide bonds. The molecule has 174 valence electrons. The van der Waals surface area contributed by atoms with Gasteiger partial charge in [-0.15, -0.1) is 0 Å². The van der Waals surface area contributed by atoms with Crippen LogP contribution in [-0.4, -0.2) is 48.6 Å². The zero-order valence-corrected chi connectivity index (χ0v) is 20.2. The highest BCUT2D eigenvalue weighted by Gasteiger charge is 2.55. The number of hydrogen-bond acceptors (Lipinski definition) is 2. The first-order valence-corrected chi connectivity index (χ1v) is 14.1. The second-order valence-corrected chi connectivity index (χ2v) is 11.8. The number of piperidine rings is 2. The lowest BCUT2D eigenvalue weighted by atomic mass is 9.54. The van der Waals surface area contributed by atoms with E-state index in [1.165, 1.54) is 135 Å². The summed E-state index contributed by atoms with van der Waals surface area (Å²) in [7, 11) is 0. The molecule has 4 heterocycles. The molecule has 1 unspecified atom stereocenters. The first-order valence-electron chi connectivity index (χ1n) is 14.1. The Hall–Kier alpha value is -0.600. The zero-order valence-electron chi connectivity index (χ0n) is 20.2. The third-order valence-corrected chi connectivity index (χ3v) is 9.65. The van der Waals surface area contributed by atoms with Crippen LogP contribution in [0.4, 0.5) is 0 Å². The third-order valence-electron chi connectivity index (χ3n) is 9.65. The van der Waals surface area contributed by atoms with Gasteiger partial charge in [-0.1, -0.05) is 75.2 Å². The van der Waals surface area contributed by atoms with Crippen molar-refractivity contribution in [3.05, 3.63) is 23.8 Å². The second kappa shape index (κ2) is 10.6. The van der Waals surface area contributed by atoms with Gasteiger partial charge in [0.2, 0.25) is 0 Å². The Morgan fingerprint density at radius 2 is 1.55 bits per heavy atom. The second-order valence-electron chi connectivity index (χ2n) is 11.8. The topological polar surface area (TPSA) is 6.48 Å². The molecular formula is C29H48N2. The highest BCUT2D eigenvalue weighted by molar-refractivity contribution is 5.23. The van der Waals surface area contributed by atoms with Crippen molar-refractivity contribution in [2.45, 2.75) is 109 Å². The molecule has 0 aromatic carbocycles. The summed E-state index contributed by atoms with van der Waals surface area (Å²) in [5.41, 5.74) is 2.41. The van der Waals surface area contributed by atoms with Crippen molar-refractivity contribution in [1.82, 2.24) is 9.80 Å². The van der Waals surface area contributed by atoms with Crippen LogP contribution in [0.15, 0.2) is 23.8 Å². The summed E-state index contributed by atoms with van der Waals surface area (Å²) in [5, 5.41) is 0. The number of hydrogen-bond donors (Lipinski definition) is 0. The summed E-state index contributed by atoms with van der Waals surface area (Å²) < 4.78 is 0. The van der Waals surface area contributed by atoms with Gasteiger partial charge < -0.3 is 4.90 Å². The van der Waals surface area contributed by atoms with E-state index in [2.05, 4.69) is 28.0 Å². The van der Waals surface area contributed by atoms with Gasteiger partial charge in [-0.25, -0.2) is 0 Å². The molecule has 0 N–H and O–H groups in total. The molecule has 3 saturated heterocycles. The van der Waals surface area contributed by atoms with Crippen molar-refractivity contribution < 1.29 is 0 Å². The van der Waals surface area contributed by atoms with Crippen molar-refractivity contribution in [3.63, 3.8) is 0 Å². The molecule has 0 aromatic heterocycles. The van der Waals surface area contributed by atoms with E-state index in [-0.39, 0.29) is 0 Å². The average Bonchev–Trinajstić information content (AvgIpc) is 2.82. The van der Waals surface area contributed by atoms with E-state index < -0.39 is 0 Å². The molecule has 1 saturated carbocycles. The summed E-state index contributed by atoms with van der Waals surface area (Å²) in [6.07, 6.45) is 30.4. The molecule has 5 atom stereocenters. The van der Waals surface area contributed by atoms with Crippen LogP contribution in [0.25, 0.3) is 0 Å². The molecule has 0 radical (unpaired) electrons. The molecule has 4 bridgehead atoms. The molecule has 5 aliphatic rings. The normalized spacial score (nSPS) is 43.5. The Morgan fingerprint density at radius 3 is 2.42 bits per heavy atom. The highest BCUT2D eigenvalue weighted by atomic mass is 15.2. The monoisotopic (exact) mass is 424 g/mol. The molecule has 0 aromatic rings. The summed E-state index contributed by atoms with van der Waals surface area (Å²) in [6, 6.07) is 0.776. The molecular weight excluding hydrogens is 376 g/mol. The molecule has 5 rings (SSSR count). The molecule has 2 heteroatoms. The van der Waals surface area contributed by atoms with Gasteiger partial charge >= 0.3 is 0 Å². The standard InChI is InChI=1S/C29H48N2/c1-2-5-9-13-17-29-23-30(18-14-10-6-3-1)22-26-20-25-16-12-8-4-7-11-15-19-31(24-29)28(25)21-27(26)29/h4,8,16,26-28H,1-3,5-7,9-15,17-24H2/b8-4-,25-16-/t26-,27+,28-,29-/m1/s1. The lowest BCUT2D eigenvalue weighted by Gasteiger charge is -2.62. The van der Waals surface area contributed by atoms with Gasteiger partial charge in [0.1, 0.15) is 0 Å². The van der Waals surface area contributed by atoms with Crippen molar-refractivity contribution in [3.8, 4) is 0 Å². The van der Waals surface area contributed by atoms with Crippen LogP contribution in [-0.2, 0) is 0 Å². The first-order chi connectivity index (χ1) is 15.3. The summed E-state index contributed by atoms with van der Waals surface area (Å²) in [4.78, 5) is 5.95. The largest absolute Gasteiger partial charge is 0.302 e. The van der Waals surface area contributed by atoms with Crippen LogP contribution in [0.1, 0.15) is 103 Å². The number of fused-ring (bicyclic) bond motifs is 1. The van der Waals surface area contributed by atoms with E-state index in [0.717, 1.165) is 17.9 Å². The minimum Gasteiger partial charge on any atom is -0.302 e. The van der Waals surface area contributed by atoms with E-state index in [4.69, 9.17) is 0 Å². The fraction of sp³-hybridized carbons (Fsp3) is 0.862. The number of nitrogens with zero attached hydrogens (tertiary/aromatic N) is 2. The minimum absolute atomic E-state index is 0.591. The van der Waals surface area contributed by atoms with E-state index in [0.29, 0.717) is 5.41 Å². The molecule has 1 aliphatic carbocycles. The van der Waals surface area contributed by atoms with Crippen molar-refractivity contribution in [2.75, 3.05) is 32.7 Å². The maximum absolute atomic E-state index is 3.00. The maximum atomic E-state index is 3.00. The van der Waals surface area contributed by atoms with Crippen LogP contribution < -0.4 is 0 Å². The predicted octanol–water partition coefficient (Wildman–Crippen LogP) is 6.97. The fourth-order valence-electron chi connectivity index (χ4n) is 8.16. The molecule has 1 spiro atoms. The third kappa shape index (κ3) is 5.16. The molecule has 4 aliphatic heterocycles. The molecule has 4 fully saturated rings. The van der Waals surface area contributed by atoms with E-state index in [9.17, 15) is 0 Å². The van der Waals surface area contributed by atoms with Crippen LogP contribution in [0.5, 0.6) is 0 Å². The highest BCUT2D eigenvalue weighted by Crippen LogP contribution is 2.55. The Labute approximate surface area is 192 Å². The summed E-state index contributed by atoms with van der Waals surface area (Å²) in [6.45, 7) is 6.93. The van der Waals surface area contributed by atoms with Crippen LogP contribution in [0, 0.1) is 17.3 Å². The fourth-order valence-corrected chi connectivity index (χ4v) is 8.16. The minimum atomic E-state index is 0.591. The van der Waals surface area contributed by atoms with Crippen LogP contribution in [0.2, 0.25) is 0 Å². The van der Waals surface area contributed by atoms with Gasteiger partial charge in [0.05, 0.1) is 0 Å². The number of rotatable bonds is 0. The Bertz CT molecular complexity index is 637. The van der Waals surface area contributed by atoms with E-state index >= 15 is 0 Å². The van der Waals surface area contributed by atoms with E-state index in [1.54, 1.807) is 0 Å². The molecule has 2 nitrogen and oxygen atoms in total. The quantitative estimate of drug-likeness (QED) is 0.387. The predicted molar refractivity (Wildman–Crippen MR) is 132 cm³/mol. The Kier molecular flexibility index (Phi) is 7.56. The molecule has 31 heavy (non-hydrogen) atoms. The van der Waals surface area contributed by atoms with E-state index in [1.807, 2.05) is 5.57 Å². The lowest BCUT2D eigenvalue weighted by molar-refractivity contribution is -0.109. The first kappa shape index (κ1) is 22.2. The van der Waals surface area contributed by atoms with Crippen LogP contribution >= 0.6 is 0 Å². The van der Waals surface area contributed by atoms with Gasteiger partial charge in [0, 0.05) is 25.7 Å². The zero-order chi connectivity index (χ0) is 20.9. The lowest BCUT2D eigenvalue weighted by Crippen LogP contribution is -2.66. The van der Waals surface area contributed by atoms with Crippen molar-refractivity contribution >= 4 is 0 Å². The average molecular weight is 425 g/mol. The van der Waals surface area contributed by atoms with Crippen molar-refractivity contribution in [2.24, 2.45) is 17.3 Å². The SMILES string of the molecule is C1=C\CCCCN2C[C@]34CCCCCCCCCCCN(C[C@H]5C/C(=C/C/1)[C@H]2C[C@@H]53)C4. The maximum Gasteiger partial charge on any atom is 0.0310 e. The Balaban J connectivity index is 1.40. The van der Waals surface area contributed by atoms with Crippen LogP contribution in [0.3, 0.4) is 0 Å². The summed E-state index contributed by atoms with van der Waals surface area (Å²) >= 11 is 0. The smallest absolute Gasteiger partial charge is 0.0310 e. The van der Waals surface area contributed by atoms with Gasteiger partial charge in [0.25, 0.3) is 0 Å². The van der Waals surface area contributed by atoms with Gasteiger partial charge in [-0.2, -0.15) is 0 Å². The number of allylic oxidation sites excluding steroid dienone is 3. The van der Waals surface area contributed by atoms with Gasteiger partial charge in [-0.3, -0.25) is 4.90 Å².